The zero-order chi connectivity index (χ0) is 12.9. The van der Waals surface area contributed by atoms with Crippen molar-refractivity contribution in [3.63, 3.8) is 0 Å². The van der Waals surface area contributed by atoms with Crippen LogP contribution in [0.3, 0.4) is 0 Å². The highest BCUT2D eigenvalue weighted by molar-refractivity contribution is 9.09. The largest absolute Gasteiger partial charge is 0.229 e. The minimum Gasteiger partial charge on any atom is -0.229 e. The molecule has 0 saturated carbocycles. The molecule has 17 heavy (non-hydrogen) atoms. The maximum atomic E-state index is 11.8. The average molecular weight is 348 g/mol. The van der Waals surface area contributed by atoms with Gasteiger partial charge in [-0.1, -0.05) is 15.9 Å². The molecule has 1 heterocycles. The molecule has 1 N–H and O–H groups in total. The molecule has 1 saturated heterocycles. The second-order valence-electron chi connectivity index (χ2n) is 4.19. The Balaban J connectivity index is 2.43. The summed E-state index contributed by atoms with van der Waals surface area (Å²) in [5.74, 6) is -0.0278. The number of halogens is 1. The fraction of sp³-hybridized carbons (Fsp3) is 1.00. The number of alkyl halides is 1. The van der Waals surface area contributed by atoms with Crippen LogP contribution in [0.2, 0.25) is 0 Å². The van der Waals surface area contributed by atoms with Crippen LogP contribution in [-0.2, 0) is 19.9 Å². The van der Waals surface area contributed by atoms with Crippen LogP contribution in [0, 0.1) is 0 Å². The van der Waals surface area contributed by atoms with Crippen LogP contribution >= 0.6 is 15.9 Å². The van der Waals surface area contributed by atoms with Gasteiger partial charge in [0, 0.05) is 11.9 Å². The van der Waals surface area contributed by atoms with E-state index < -0.39 is 25.1 Å². The third-order valence-corrected chi connectivity index (χ3v) is 7.04. The van der Waals surface area contributed by atoms with E-state index in [1.165, 1.54) is 0 Å². The summed E-state index contributed by atoms with van der Waals surface area (Å²) < 4.78 is 48.6. The van der Waals surface area contributed by atoms with E-state index in [1.54, 1.807) is 0 Å². The number of nitrogens with one attached hydrogen (secondary N) is 1. The molecule has 0 amide bonds. The molecule has 8 heteroatoms. The maximum Gasteiger partial charge on any atom is 0.214 e. The minimum atomic E-state index is -3.34. The first-order valence-electron chi connectivity index (χ1n) is 5.62. The molecule has 0 unspecified atom stereocenters. The highest BCUT2D eigenvalue weighted by Crippen LogP contribution is 2.18. The minimum absolute atomic E-state index is 0.0139. The number of sulfonamides is 1. The molecule has 1 fully saturated rings. The van der Waals surface area contributed by atoms with Crippen molar-refractivity contribution < 1.29 is 16.8 Å². The molecule has 0 bridgehead atoms. The molecule has 0 radical (unpaired) electrons. The van der Waals surface area contributed by atoms with Crippen molar-refractivity contribution >= 4 is 35.8 Å². The average Bonchev–Trinajstić information content (AvgIpc) is 2.24. The predicted octanol–water partition coefficient (Wildman–Crippen LogP) is 0.658. The number of sulfone groups is 1. The molecular formula is C9H18BrNO4S2. The van der Waals surface area contributed by atoms with Crippen LogP contribution in [0.15, 0.2) is 0 Å². The lowest BCUT2D eigenvalue weighted by Gasteiger charge is -2.22. The van der Waals surface area contributed by atoms with E-state index in [4.69, 9.17) is 0 Å². The van der Waals surface area contributed by atoms with Crippen LogP contribution in [0.1, 0.15) is 25.7 Å². The lowest BCUT2D eigenvalue weighted by Crippen LogP contribution is -2.40. The van der Waals surface area contributed by atoms with E-state index in [-0.39, 0.29) is 24.3 Å². The Morgan fingerprint density at radius 2 is 1.76 bits per heavy atom. The zero-order valence-corrected chi connectivity index (χ0v) is 12.8. The van der Waals surface area contributed by atoms with Gasteiger partial charge in [0.2, 0.25) is 10.0 Å². The van der Waals surface area contributed by atoms with Gasteiger partial charge in [-0.25, -0.2) is 21.6 Å². The molecule has 0 aromatic carbocycles. The summed E-state index contributed by atoms with van der Waals surface area (Å²) in [6.07, 6.45) is 2.14. The van der Waals surface area contributed by atoms with Crippen LogP contribution in [0.4, 0.5) is 0 Å². The molecular weight excluding hydrogens is 330 g/mol. The first-order valence-corrected chi connectivity index (χ1v) is 10.1. The highest BCUT2D eigenvalue weighted by atomic mass is 79.9. The summed E-state index contributed by atoms with van der Waals surface area (Å²) in [6.45, 7) is 0.428. The van der Waals surface area contributed by atoms with Crippen LogP contribution in [0.5, 0.6) is 0 Å². The van der Waals surface area contributed by atoms with E-state index >= 15 is 0 Å². The quantitative estimate of drug-likeness (QED) is 0.565. The van der Waals surface area contributed by atoms with Gasteiger partial charge in [-0.3, -0.25) is 0 Å². The molecule has 0 atom stereocenters. The normalized spacial score (nSPS) is 21.5. The van der Waals surface area contributed by atoms with Crippen LogP contribution in [0.25, 0.3) is 0 Å². The van der Waals surface area contributed by atoms with Gasteiger partial charge in [-0.2, -0.15) is 0 Å². The topological polar surface area (TPSA) is 80.3 Å². The molecule has 0 aliphatic carbocycles. The first kappa shape index (κ1) is 15.4. The van der Waals surface area contributed by atoms with Crippen LogP contribution in [-0.4, -0.2) is 45.5 Å². The standard InChI is InChI=1S/C9H18BrNO4S2/c10-5-1-2-6-11-17(14,15)9-3-7-16(12,13)8-4-9/h9,11H,1-8H2. The van der Waals surface area contributed by atoms with Crippen molar-refractivity contribution in [2.24, 2.45) is 0 Å². The number of unbranched alkanes of at least 4 members (excludes halogenated alkanes) is 1. The van der Waals surface area contributed by atoms with E-state index in [1.807, 2.05) is 0 Å². The van der Waals surface area contributed by atoms with Gasteiger partial charge in [-0.15, -0.1) is 0 Å². The van der Waals surface area contributed by atoms with Gasteiger partial charge in [0.15, 0.2) is 0 Å². The Labute approximate surface area is 111 Å². The van der Waals surface area contributed by atoms with Crippen molar-refractivity contribution in [3.05, 3.63) is 0 Å². The van der Waals surface area contributed by atoms with Gasteiger partial charge in [0.25, 0.3) is 0 Å². The predicted molar refractivity (Wildman–Crippen MR) is 71.6 cm³/mol. The first-order chi connectivity index (χ1) is 7.87. The smallest absolute Gasteiger partial charge is 0.214 e. The van der Waals surface area contributed by atoms with Crippen LogP contribution < -0.4 is 4.72 Å². The fourth-order valence-electron chi connectivity index (χ4n) is 1.73. The van der Waals surface area contributed by atoms with Gasteiger partial charge in [0.1, 0.15) is 9.84 Å². The summed E-state index contributed by atoms with van der Waals surface area (Å²) in [7, 11) is -6.35. The highest BCUT2D eigenvalue weighted by Gasteiger charge is 2.32. The summed E-state index contributed by atoms with van der Waals surface area (Å²) >= 11 is 3.28. The van der Waals surface area contributed by atoms with Gasteiger partial charge in [0.05, 0.1) is 16.8 Å². The monoisotopic (exact) mass is 347 g/mol. The third-order valence-electron chi connectivity index (χ3n) is 2.80. The van der Waals surface area contributed by atoms with Crippen molar-refractivity contribution in [2.45, 2.75) is 30.9 Å². The Bertz CT molecular complexity index is 418. The zero-order valence-electron chi connectivity index (χ0n) is 9.56. The number of rotatable bonds is 6. The lowest BCUT2D eigenvalue weighted by molar-refractivity contribution is 0.541. The maximum absolute atomic E-state index is 11.8. The Kier molecular flexibility index (Phi) is 5.88. The fourth-order valence-corrected chi connectivity index (χ4v) is 5.44. The molecule has 0 aromatic rings. The molecule has 102 valence electrons. The molecule has 0 spiro atoms. The summed E-state index contributed by atoms with van der Waals surface area (Å²) in [4.78, 5) is 0. The summed E-state index contributed by atoms with van der Waals surface area (Å²) in [5, 5.41) is 0.311. The van der Waals surface area contributed by atoms with Gasteiger partial charge >= 0.3 is 0 Å². The Morgan fingerprint density at radius 1 is 1.18 bits per heavy atom. The molecule has 1 aliphatic heterocycles. The van der Waals surface area contributed by atoms with E-state index in [0.717, 1.165) is 18.2 Å². The van der Waals surface area contributed by atoms with Crippen molar-refractivity contribution in [1.82, 2.24) is 4.72 Å². The van der Waals surface area contributed by atoms with E-state index in [2.05, 4.69) is 20.7 Å². The number of hydrogen-bond acceptors (Lipinski definition) is 4. The molecule has 1 rings (SSSR count). The van der Waals surface area contributed by atoms with Crippen molar-refractivity contribution in [1.29, 1.82) is 0 Å². The third kappa shape index (κ3) is 5.23. The number of hydrogen-bond donors (Lipinski definition) is 1. The summed E-state index contributed by atoms with van der Waals surface area (Å²) in [5.41, 5.74) is 0. The Hall–Kier alpha value is 0.340. The molecule has 5 nitrogen and oxygen atoms in total. The van der Waals surface area contributed by atoms with Gasteiger partial charge < -0.3 is 0 Å². The molecule has 0 aromatic heterocycles. The van der Waals surface area contributed by atoms with Crippen molar-refractivity contribution in [3.8, 4) is 0 Å². The molecule has 1 aliphatic rings. The second kappa shape index (κ2) is 6.49. The summed E-state index contributed by atoms with van der Waals surface area (Å²) in [6, 6.07) is 0. The van der Waals surface area contributed by atoms with Gasteiger partial charge in [-0.05, 0) is 25.7 Å². The van der Waals surface area contributed by atoms with E-state index in [0.29, 0.717) is 6.54 Å². The van der Waals surface area contributed by atoms with Crippen molar-refractivity contribution in [2.75, 3.05) is 23.4 Å². The Morgan fingerprint density at radius 3 is 2.29 bits per heavy atom. The second-order valence-corrected chi connectivity index (χ2v) is 9.33. The lowest BCUT2D eigenvalue weighted by atomic mass is 10.2. The van der Waals surface area contributed by atoms with E-state index in [9.17, 15) is 16.8 Å². The SMILES string of the molecule is O=S1(=O)CCC(S(=O)(=O)NCCCCBr)CC1.